The van der Waals surface area contributed by atoms with Crippen LogP contribution >= 0.6 is 0 Å². The molecule has 0 aliphatic heterocycles. The number of benzene rings is 1. The number of carbonyl (C=O) groups excluding carboxylic acids is 1. The topological polar surface area (TPSA) is 55.1 Å². The third-order valence-corrected chi connectivity index (χ3v) is 4.27. The van der Waals surface area contributed by atoms with Gasteiger partial charge in [0.05, 0.1) is 5.92 Å². The molecular formula is C16H22F2N2O. The van der Waals surface area contributed by atoms with Crippen LogP contribution in [0.5, 0.6) is 0 Å². The van der Waals surface area contributed by atoms with Crippen LogP contribution in [0.15, 0.2) is 18.2 Å². The lowest BCUT2D eigenvalue weighted by atomic mass is 9.74. The zero-order valence-electron chi connectivity index (χ0n) is 12.3. The van der Waals surface area contributed by atoms with Crippen LogP contribution in [0.3, 0.4) is 0 Å². The van der Waals surface area contributed by atoms with Crippen molar-refractivity contribution in [2.75, 3.05) is 6.54 Å². The van der Waals surface area contributed by atoms with E-state index in [1.807, 2.05) is 6.92 Å². The van der Waals surface area contributed by atoms with Gasteiger partial charge in [-0.15, -0.1) is 0 Å². The van der Waals surface area contributed by atoms with Gasteiger partial charge >= 0.3 is 0 Å². The molecule has 116 valence electrons. The molecule has 3 N–H and O–H groups in total. The van der Waals surface area contributed by atoms with Gasteiger partial charge in [-0.2, -0.15) is 0 Å². The second kappa shape index (κ2) is 6.52. The maximum absolute atomic E-state index is 13.5. The molecule has 0 radical (unpaired) electrons. The minimum absolute atomic E-state index is 0.0866. The van der Waals surface area contributed by atoms with Crippen molar-refractivity contribution in [1.29, 1.82) is 0 Å². The average molecular weight is 296 g/mol. The molecule has 5 heteroatoms. The van der Waals surface area contributed by atoms with Crippen LogP contribution in [-0.4, -0.2) is 18.0 Å². The Morgan fingerprint density at radius 1 is 1.43 bits per heavy atom. The van der Waals surface area contributed by atoms with E-state index in [0.717, 1.165) is 43.9 Å². The summed E-state index contributed by atoms with van der Waals surface area (Å²) >= 11 is 0. The van der Waals surface area contributed by atoms with Gasteiger partial charge in [-0.05, 0) is 49.9 Å². The lowest BCUT2D eigenvalue weighted by Crippen LogP contribution is -2.53. The normalized spacial score (nSPS) is 25.6. The minimum Gasteiger partial charge on any atom is -0.355 e. The summed E-state index contributed by atoms with van der Waals surface area (Å²) in [4.78, 5) is 12.2. The van der Waals surface area contributed by atoms with Crippen LogP contribution in [0, 0.1) is 17.6 Å². The van der Waals surface area contributed by atoms with Gasteiger partial charge in [-0.3, -0.25) is 4.79 Å². The Labute approximate surface area is 123 Å². The van der Waals surface area contributed by atoms with Gasteiger partial charge in [0.1, 0.15) is 11.6 Å². The van der Waals surface area contributed by atoms with E-state index in [1.165, 1.54) is 0 Å². The van der Waals surface area contributed by atoms with Crippen LogP contribution in [-0.2, 0) is 11.2 Å². The monoisotopic (exact) mass is 296 g/mol. The summed E-state index contributed by atoms with van der Waals surface area (Å²) in [6.45, 7) is 2.19. The van der Waals surface area contributed by atoms with Crippen molar-refractivity contribution in [1.82, 2.24) is 5.32 Å². The molecule has 2 unspecified atom stereocenters. The smallest absolute Gasteiger partial charge is 0.224 e. The summed E-state index contributed by atoms with van der Waals surface area (Å²) in [7, 11) is 0. The SMILES string of the molecule is CC1(N)CCCCC1C(=O)NCCc1cc(F)ccc1F. The zero-order valence-corrected chi connectivity index (χ0v) is 12.3. The Balaban J connectivity index is 1.88. The molecule has 0 aromatic heterocycles. The minimum atomic E-state index is -0.480. The number of nitrogens with two attached hydrogens (primary N) is 1. The number of hydrogen-bond donors (Lipinski definition) is 2. The van der Waals surface area contributed by atoms with Crippen molar-refractivity contribution in [2.24, 2.45) is 11.7 Å². The Morgan fingerprint density at radius 3 is 2.90 bits per heavy atom. The highest BCUT2D eigenvalue weighted by atomic mass is 19.1. The molecule has 1 saturated carbocycles. The van der Waals surface area contributed by atoms with Crippen molar-refractivity contribution >= 4 is 5.91 Å². The summed E-state index contributed by atoms with van der Waals surface area (Å²) in [5.74, 6) is -1.22. The number of nitrogens with one attached hydrogen (secondary N) is 1. The van der Waals surface area contributed by atoms with Gasteiger partial charge in [-0.1, -0.05) is 12.8 Å². The van der Waals surface area contributed by atoms with Crippen molar-refractivity contribution in [3.05, 3.63) is 35.4 Å². The van der Waals surface area contributed by atoms with Crippen molar-refractivity contribution < 1.29 is 13.6 Å². The van der Waals surface area contributed by atoms with Gasteiger partial charge in [0, 0.05) is 12.1 Å². The van der Waals surface area contributed by atoms with Crippen LogP contribution in [0.25, 0.3) is 0 Å². The molecular weight excluding hydrogens is 274 g/mol. The zero-order chi connectivity index (χ0) is 15.5. The molecule has 2 atom stereocenters. The number of hydrogen-bond acceptors (Lipinski definition) is 2. The molecule has 0 bridgehead atoms. The van der Waals surface area contributed by atoms with E-state index in [2.05, 4.69) is 5.32 Å². The van der Waals surface area contributed by atoms with E-state index < -0.39 is 17.2 Å². The number of carbonyl (C=O) groups is 1. The Hall–Kier alpha value is -1.49. The Bertz CT molecular complexity index is 517. The fourth-order valence-corrected chi connectivity index (χ4v) is 2.97. The van der Waals surface area contributed by atoms with Crippen molar-refractivity contribution in [3.63, 3.8) is 0 Å². The highest BCUT2D eigenvalue weighted by Gasteiger charge is 2.37. The van der Waals surface area contributed by atoms with Gasteiger partial charge in [0.2, 0.25) is 5.91 Å². The molecule has 1 aromatic rings. The van der Waals surface area contributed by atoms with Gasteiger partial charge in [0.25, 0.3) is 0 Å². The van der Waals surface area contributed by atoms with Crippen LogP contribution in [0.2, 0.25) is 0 Å². The summed E-state index contributed by atoms with van der Waals surface area (Å²) in [6, 6.07) is 3.35. The molecule has 1 aliphatic carbocycles. The number of amides is 1. The summed E-state index contributed by atoms with van der Waals surface area (Å²) in [6.07, 6.45) is 3.94. The number of rotatable bonds is 4. The quantitative estimate of drug-likeness (QED) is 0.897. The Morgan fingerprint density at radius 2 is 2.19 bits per heavy atom. The summed E-state index contributed by atoms with van der Waals surface area (Å²) in [5, 5.41) is 2.80. The van der Waals surface area contributed by atoms with E-state index >= 15 is 0 Å². The molecule has 1 aromatic carbocycles. The molecule has 1 fully saturated rings. The molecule has 0 saturated heterocycles. The second-order valence-electron chi connectivity index (χ2n) is 6.08. The van der Waals surface area contributed by atoms with Gasteiger partial charge in [-0.25, -0.2) is 8.78 Å². The first-order chi connectivity index (χ1) is 9.90. The van der Waals surface area contributed by atoms with Crippen LogP contribution in [0.4, 0.5) is 8.78 Å². The fourth-order valence-electron chi connectivity index (χ4n) is 2.97. The average Bonchev–Trinajstić information content (AvgIpc) is 2.42. The van der Waals surface area contributed by atoms with E-state index in [0.29, 0.717) is 0 Å². The lowest BCUT2D eigenvalue weighted by Gasteiger charge is -2.37. The lowest BCUT2D eigenvalue weighted by molar-refractivity contribution is -0.128. The van der Waals surface area contributed by atoms with E-state index in [1.54, 1.807) is 0 Å². The van der Waals surface area contributed by atoms with Crippen LogP contribution < -0.4 is 11.1 Å². The van der Waals surface area contributed by atoms with Gasteiger partial charge in [0.15, 0.2) is 0 Å². The molecule has 0 spiro atoms. The van der Waals surface area contributed by atoms with Crippen molar-refractivity contribution in [3.8, 4) is 0 Å². The molecule has 1 amide bonds. The molecule has 21 heavy (non-hydrogen) atoms. The van der Waals surface area contributed by atoms with E-state index in [-0.39, 0.29) is 30.4 Å². The first-order valence-corrected chi connectivity index (χ1v) is 7.41. The maximum atomic E-state index is 13.5. The molecule has 0 heterocycles. The first kappa shape index (κ1) is 15.9. The maximum Gasteiger partial charge on any atom is 0.224 e. The summed E-state index contributed by atoms with van der Waals surface area (Å²) in [5.41, 5.74) is 5.97. The highest BCUT2D eigenvalue weighted by molar-refractivity contribution is 5.80. The van der Waals surface area contributed by atoms with E-state index in [9.17, 15) is 13.6 Å². The standard InChI is InChI=1S/C16H22F2N2O/c1-16(19)8-3-2-4-13(16)15(21)20-9-7-11-10-12(17)5-6-14(11)18/h5-6,10,13H,2-4,7-9,19H2,1H3,(H,20,21). The molecule has 2 rings (SSSR count). The Kier molecular flexibility index (Phi) is 4.93. The van der Waals surface area contributed by atoms with E-state index in [4.69, 9.17) is 5.73 Å². The van der Waals surface area contributed by atoms with Crippen LogP contribution in [0.1, 0.15) is 38.2 Å². The summed E-state index contributed by atoms with van der Waals surface area (Å²) < 4.78 is 26.5. The molecule has 1 aliphatic rings. The largest absolute Gasteiger partial charge is 0.355 e. The highest BCUT2D eigenvalue weighted by Crippen LogP contribution is 2.31. The van der Waals surface area contributed by atoms with Gasteiger partial charge < -0.3 is 11.1 Å². The first-order valence-electron chi connectivity index (χ1n) is 7.41. The number of halogens is 2. The third kappa shape index (κ3) is 4.00. The second-order valence-corrected chi connectivity index (χ2v) is 6.08. The fraction of sp³-hybridized carbons (Fsp3) is 0.562. The predicted octanol–water partition coefficient (Wildman–Crippen LogP) is 2.53. The van der Waals surface area contributed by atoms with Crippen molar-refractivity contribution in [2.45, 2.75) is 44.6 Å². The third-order valence-electron chi connectivity index (χ3n) is 4.27. The predicted molar refractivity (Wildman–Crippen MR) is 77.6 cm³/mol. The molecule has 3 nitrogen and oxygen atoms in total.